The highest BCUT2D eigenvalue weighted by atomic mass is 79.9. The molecule has 0 aliphatic carbocycles. The molecular weight excluding hydrogens is 338 g/mol. The van der Waals surface area contributed by atoms with Crippen molar-refractivity contribution in [1.29, 1.82) is 0 Å². The Labute approximate surface area is 129 Å². The van der Waals surface area contributed by atoms with E-state index < -0.39 is 0 Å². The van der Waals surface area contributed by atoms with E-state index in [1.807, 2.05) is 24.3 Å². The molecule has 0 bridgehead atoms. The molecule has 2 rings (SSSR count). The summed E-state index contributed by atoms with van der Waals surface area (Å²) in [5.74, 6) is -0.0994. The Morgan fingerprint density at radius 2 is 1.80 bits per heavy atom. The molecule has 0 saturated carbocycles. The highest BCUT2D eigenvalue weighted by Crippen LogP contribution is 2.17. The average Bonchev–Trinajstić information content (AvgIpc) is 2.46. The fraction of sp³-hybridized carbons (Fsp3) is 0.0667. The van der Waals surface area contributed by atoms with Gasteiger partial charge in [-0.3, -0.25) is 9.59 Å². The van der Waals surface area contributed by atoms with E-state index in [1.54, 1.807) is 30.3 Å². The number of hydrogen-bond donors (Lipinski definition) is 1. The van der Waals surface area contributed by atoms with Gasteiger partial charge < -0.3 is 5.32 Å². The third-order valence-electron chi connectivity index (χ3n) is 2.45. The standard InChI is InChI=1S/C15H12BrNO2S/c16-12-7-4-8-13(9-12)17-14(18)10-20-15(19)11-5-2-1-3-6-11/h1-9H,10H2,(H,17,18). The van der Waals surface area contributed by atoms with E-state index in [9.17, 15) is 9.59 Å². The maximum atomic E-state index is 11.8. The molecular formula is C15H12BrNO2S. The van der Waals surface area contributed by atoms with E-state index in [1.165, 1.54) is 0 Å². The van der Waals surface area contributed by atoms with Crippen LogP contribution in [0.1, 0.15) is 10.4 Å². The van der Waals surface area contributed by atoms with Gasteiger partial charge in [-0.05, 0) is 18.2 Å². The minimum absolute atomic E-state index is 0.0975. The van der Waals surface area contributed by atoms with E-state index >= 15 is 0 Å². The van der Waals surface area contributed by atoms with Crippen LogP contribution < -0.4 is 5.32 Å². The number of amides is 1. The second-order valence-electron chi connectivity index (χ2n) is 4.00. The van der Waals surface area contributed by atoms with Crippen molar-refractivity contribution in [3.05, 3.63) is 64.6 Å². The Morgan fingerprint density at radius 1 is 1.05 bits per heavy atom. The summed E-state index contributed by atoms with van der Waals surface area (Å²) >= 11 is 4.33. The summed E-state index contributed by atoms with van der Waals surface area (Å²) < 4.78 is 0.892. The summed E-state index contributed by atoms with van der Waals surface area (Å²) in [6.07, 6.45) is 0. The predicted molar refractivity (Wildman–Crippen MR) is 86.0 cm³/mol. The first kappa shape index (κ1) is 14.8. The van der Waals surface area contributed by atoms with Crippen molar-refractivity contribution >= 4 is 44.4 Å². The van der Waals surface area contributed by atoms with Crippen LogP contribution in [0.3, 0.4) is 0 Å². The Morgan fingerprint density at radius 3 is 2.50 bits per heavy atom. The molecule has 0 unspecified atom stereocenters. The largest absolute Gasteiger partial charge is 0.325 e. The van der Waals surface area contributed by atoms with E-state index in [-0.39, 0.29) is 16.8 Å². The maximum Gasteiger partial charge on any atom is 0.234 e. The van der Waals surface area contributed by atoms with Crippen LogP contribution in [0.5, 0.6) is 0 Å². The normalized spacial score (nSPS) is 10.1. The fourth-order valence-corrected chi connectivity index (χ4v) is 2.59. The van der Waals surface area contributed by atoms with E-state index in [0.29, 0.717) is 11.3 Å². The van der Waals surface area contributed by atoms with Crippen LogP contribution in [0.15, 0.2) is 59.1 Å². The number of carbonyl (C=O) groups excluding carboxylic acids is 2. The zero-order valence-electron chi connectivity index (χ0n) is 10.5. The first-order valence-corrected chi connectivity index (χ1v) is 7.70. The van der Waals surface area contributed by atoms with Crippen molar-refractivity contribution in [1.82, 2.24) is 0 Å². The highest BCUT2D eigenvalue weighted by Gasteiger charge is 2.09. The number of halogens is 1. The third kappa shape index (κ3) is 4.51. The zero-order chi connectivity index (χ0) is 14.4. The van der Waals surface area contributed by atoms with Gasteiger partial charge in [0.15, 0.2) is 0 Å². The molecule has 0 aliphatic rings. The Bertz CT molecular complexity index is 616. The summed E-state index contributed by atoms with van der Waals surface area (Å²) in [5, 5.41) is 2.65. The Balaban J connectivity index is 1.85. The van der Waals surface area contributed by atoms with E-state index in [4.69, 9.17) is 0 Å². The molecule has 1 N–H and O–H groups in total. The molecule has 0 fully saturated rings. The lowest BCUT2D eigenvalue weighted by Crippen LogP contribution is -2.15. The van der Waals surface area contributed by atoms with Gasteiger partial charge in [-0.1, -0.05) is 64.1 Å². The molecule has 0 aromatic heterocycles. The lowest BCUT2D eigenvalue weighted by atomic mass is 10.2. The van der Waals surface area contributed by atoms with Gasteiger partial charge in [-0.2, -0.15) is 0 Å². The number of nitrogens with one attached hydrogen (secondary N) is 1. The lowest BCUT2D eigenvalue weighted by Gasteiger charge is -2.05. The lowest BCUT2D eigenvalue weighted by molar-refractivity contribution is -0.113. The Hall–Kier alpha value is -1.59. The van der Waals surface area contributed by atoms with Crippen molar-refractivity contribution in [3.8, 4) is 0 Å². The maximum absolute atomic E-state index is 11.8. The molecule has 20 heavy (non-hydrogen) atoms. The van der Waals surface area contributed by atoms with Gasteiger partial charge in [0.2, 0.25) is 11.0 Å². The summed E-state index contributed by atoms with van der Waals surface area (Å²) in [4.78, 5) is 23.6. The summed E-state index contributed by atoms with van der Waals surface area (Å²) in [6, 6.07) is 16.2. The van der Waals surface area contributed by atoms with Gasteiger partial charge in [0.25, 0.3) is 0 Å². The number of hydrogen-bond acceptors (Lipinski definition) is 3. The molecule has 2 aromatic carbocycles. The molecule has 0 aliphatic heterocycles. The summed E-state index contributed by atoms with van der Waals surface area (Å²) in [6.45, 7) is 0. The van der Waals surface area contributed by atoms with Gasteiger partial charge in [-0.15, -0.1) is 0 Å². The van der Waals surface area contributed by atoms with Crippen molar-refractivity contribution in [2.24, 2.45) is 0 Å². The first-order chi connectivity index (χ1) is 9.65. The fourth-order valence-electron chi connectivity index (χ4n) is 1.55. The minimum atomic E-state index is -0.197. The van der Waals surface area contributed by atoms with Crippen molar-refractivity contribution < 1.29 is 9.59 Å². The predicted octanol–water partition coefficient (Wildman–Crippen LogP) is 3.96. The van der Waals surface area contributed by atoms with Gasteiger partial charge in [-0.25, -0.2) is 0 Å². The quantitative estimate of drug-likeness (QED) is 0.908. The molecule has 5 heteroatoms. The Kier molecular flexibility index (Phi) is 5.38. The second kappa shape index (κ2) is 7.26. The molecule has 102 valence electrons. The average molecular weight is 350 g/mol. The van der Waals surface area contributed by atoms with Crippen molar-refractivity contribution in [3.63, 3.8) is 0 Å². The smallest absolute Gasteiger partial charge is 0.234 e. The molecule has 2 aromatic rings. The van der Waals surface area contributed by atoms with Crippen molar-refractivity contribution in [2.45, 2.75) is 0 Å². The molecule has 0 saturated heterocycles. The third-order valence-corrected chi connectivity index (χ3v) is 3.85. The van der Waals surface area contributed by atoms with Crippen LogP contribution in [0.4, 0.5) is 5.69 Å². The number of carbonyl (C=O) groups is 2. The van der Waals surface area contributed by atoms with Crippen LogP contribution in [0.2, 0.25) is 0 Å². The zero-order valence-corrected chi connectivity index (χ0v) is 12.9. The van der Waals surface area contributed by atoms with Crippen LogP contribution in [0, 0.1) is 0 Å². The van der Waals surface area contributed by atoms with Gasteiger partial charge in [0.05, 0.1) is 5.75 Å². The summed E-state index contributed by atoms with van der Waals surface area (Å²) in [7, 11) is 0. The minimum Gasteiger partial charge on any atom is -0.325 e. The van der Waals surface area contributed by atoms with Crippen LogP contribution in [-0.4, -0.2) is 16.8 Å². The SMILES string of the molecule is O=C(CSC(=O)c1ccccc1)Nc1cccc(Br)c1. The van der Waals surface area contributed by atoms with Crippen LogP contribution in [0.25, 0.3) is 0 Å². The van der Waals surface area contributed by atoms with Gasteiger partial charge in [0.1, 0.15) is 0 Å². The van der Waals surface area contributed by atoms with Gasteiger partial charge >= 0.3 is 0 Å². The molecule has 1 amide bonds. The number of thioether (sulfide) groups is 1. The molecule has 0 heterocycles. The van der Waals surface area contributed by atoms with E-state index in [0.717, 1.165) is 16.2 Å². The summed E-state index contributed by atoms with van der Waals surface area (Å²) in [5.41, 5.74) is 1.31. The van der Waals surface area contributed by atoms with Gasteiger partial charge in [0, 0.05) is 15.7 Å². The van der Waals surface area contributed by atoms with Crippen LogP contribution >= 0.6 is 27.7 Å². The van der Waals surface area contributed by atoms with Crippen molar-refractivity contribution in [2.75, 3.05) is 11.1 Å². The molecule has 0 spiro atoms. The number of rotatable bonds is 4. The first-order valence-electron chi connectivity index (χ1n) is 5.93. The molecule has 0 radical (unpaired) electrons. The molecule has 3 nitrogen and oxygen atoms in total. The monoisotopic (exact) mass is 349 g/mol. The topological polar surface area (TPSA) is 46.2 Å². The highest BCUT2D eigenvalue weighted by molar-refractivity contribution is 9.10. The van der Waals surface area contributed by atoms with E-state index in [2.05, 4.69) is 21.2 Å². The second-order valence-corrected chi connectivity index (χ2v) is 5.86. The van der Waals surface area contributed by atoms with Crippen LogP contribution in [-0.2, 0) is 4.79 Å². The molecule has 0 atom stereocenters. The number of benzene rings is 2. The number of anilines is 1.